The van der Waals surface area contributed by atoms with Crippen LogP contribution in [-0.2, 0) is 11.3 Å². The summed E-state index contributed by atoms with van der Waals surface area (Å²) >= 11 is 0. The Hall–Kier alpha value is -2.04. The number of hydrogen-bond donors (Lipinski definition) is 1. The van der Waals surface area contributed by atoms with Gasteiger partial charge in [0.2, 0.25) is 0 Å². The summed E-state index contributed by atoms with van der Waals surface area (Å²) in [6.07, 6.45) is 0. The Morgan fingerprint density at radius 2 is 1.78 bits per heavy atom. The van der Waals surface area contributed by atoms with Crippen LogP contribution in [0.25, 0.3) is 0 Å². The van der Waals surface area contributed by atoms with E-state index >= 15 is 0 Å². The van der Waals surface area contributed by atoms with E-state index in [2.05, 4.69) is 17.0 Å². The van der Waals surface area contributed by atoms with Crippen molar-refractivity contribution in [1.82, 2.24) is 4.90 Å². The Balaban J connectivity index is 0.00000156. The van der Waals surface area contributed by atoms with Crippen molar-refractivity contribution < 1.29 is 14.6 Å². The topological polar surface area (TPSA) is 49.8 Å². The predicted molar refractivity (Wildman–Crippen MR) is 88.9 cm³/mol. The first kappa shape index (κ1) is 15.8. The normalized spacial score (nSPS) is 22.7. The number of hydrogen-bond acceptors (Lipinski definition) is 4. The van der Waals surface area contributed by atoms with Crippen LogP contribution in [0.2, 0.25) is 0 Å². The lowest BCUT2D eigenvalue weighted by atomic mass is 9.86. The van der Waals surface area contributed by atoms with Crippen molar-refractivity contribution in [1.29, 1.82) is 0 Å². The molecular formula is C18H18ClNO3. The molecule has 2 heterocycles. The molecule has 2 aromatic carbocycles. The molecule has 120 valence electrons. The number of phenols is 1. The molecular weight excluding hydrogens is 314 g/mol. The van der Waals surface area contributed by atoms with Crippen molar-refractivity contribution >= 4 is 18.4 Å². The average molecular weight is 332 g/mol. The molecule has 2 aliphatic rings. The van der Waals surface area contributed by atoms with Crippen LogP contribution >= 0.6 is 12.4 Å². The van der Waals surface area contributed by atoms with Gasteiger partial charge in [-0.1, -0.05) is 36.4 Å². The van der Waals surface area contributed by atoms with Crippen LogP contribution in [0.5, 0.6) is 11.5 Å². The van der Waals surface area contributed by atoms with Crippen molar-refractivity contribution in [2.45, 2.75) is 12.5 Å². The first-order valence-corrected chi connectivity index (χ1v) is 7.52. The van der Waals surface area contributed by atoms with E-state index < -0.39 is 0 Å². The third-order valence-corrected chi connectivity index (χ3v) is 4.57. The number of halogens is 1. The van der Waals surface area contributed by atoms with Crippen molar-refractivity contribution in [3.63, 3.8) is 0 Å². The first-order valence-electron chi connectivity index (χ1n) is 7.52. The second kappa shape index (κ2) is 6.22. The second-order valence-electron chi connectivity index (χ2n) is 6.00. The number of ether oxygens (including phenoxy) is 1. The zero-order chi connectivity index (χ0) is 15.1. The first-order chi connectivity index (χ1) is 10.7. The van der Waals surface area contributed by atoms with Gasteiger partial charge in [0.05, 0.1) is 5.92 Å². The predicted octanol–water partition coefficient (Wildman–Crippen LogP) is 2.95. The summed E-state index contributed by atoms with van der Waals surface area (Å²) in [7, 11) is 0. The molecule has 23 heavy (non-hydrogen) atoms. The number of carbonyl (C=O) groups is 1. The van der Waals surface area contributed by atoms with Crippen molar-refractivity contribution in [2.24, 2.45) is 5.92 Å². The largest absolute Gasteiger partial charge is 0.508 e. The van der Waals surface area contributed by atoms with Crippen LogP contribution < -0.4 is 4.74 Å². The number of carbonyl (C=O) groups excluding carboxylic acids is 1. The number of aromatic hydroxyl groups is 1. The molecule has 0 amide bonds. The number of rotatable bonds is 2. The number of esters is 1. The minimum atomic E-state index is -0.190. The quantitative estimate of drug-likeness (QED) is 0.679. The van der Waals surface area contributed by atoms with Gasteiger partial charge in [0.15, 0.2) is 0 Å². The third kappa shape index (κ3) is 2.80. The molecule has 5 heteroatoms. The Kier molecular flexibility index (Phi) is 4.28. The number of likely N-dealkylation sites (tertiary alicyclic amines) is 1. The maximum atomic E-state index is 12.2. The zero-order valence-corrected chi connectivity index (χ0v) is 13.3. The fourth-order valence-electron chi connectivity index (χ4n) is 3.57. The van der Waals surface area contributed by atoms with Crippen molar-refractivity contribution in [2.75, 3.05) is 13.1 Å². The van der Waals surface area contributed by atoms with Gasteiger partial charge < -0.3 is 9.84 Å². The van der Waals surface area contributed by atoms with E-state index in [0.717, 1.165) is 18.7 Å². The van der Waals surface area contributed by atoms with E-state index in [9.17, 15) is 9.90 Å². The summed E-state index contributed by atoms with van der Waals surface area (Å²) < 4.78 is 5.40. The Bertz CT molecular complexity index is 719. The van der Waals surface area contributed by atoms with Crippen LogP contribution in [0.3, 0.4) is 0 Å². The smallest absolute Gasteiger partial charge is 0.316 e. The highest BCUT2D eigenvalue weighted by atomic mass is 35.5. The van der Waals surface area contributed by atoms with E-state index in [1.807, 2.05) is 18.2 Å². The number of nitrogens with zero attached hydrogens (tertiary/aromatic N) is 1. The molecule has 0 saturated carbocycles. The molecule has 2 atom stereocenters. The lowest BCUT2D eigenvalue weighted by Gasteiger charge is -2.26. The van der Waals surface area contributed by atoms with Crippen molar-refractivity contribution in [3.8, 4) is 11.5 Å². The lowest BCUT2D eigenvalue weighted by molar-refractivity contribution is -0.140. The molecule has 2 aliphatic heterocycles. The molecule has 0 aliphatic carbocycles. The lowest BCUT2D eigenvalue weighted by Crippen LogP contribution is -2.31. The fourth-order valence-corrected chi connectivity index (χ4v) is 3.57. The summed E-state index contributed by atoms with van der Waals surface area (Å²) in [5.74, 6) is 0.374. The number of phenolic OH excluding ortho intramolecular Hbond substituents is 1. The average Bonchev–Trinajstić information content (AvgIpc) is 2.92. The van der Waals surface area contributed by atoms with Gasteiger partial charge in [-0.15, -0.1) is 12.4 Å². The molecule has 4 rings (SSSR count). The van der Waals surface area contributed by atoms with Gasteiger partial charge in [0, 0.05) is 31.1 Å². The van der Waals surface area contributed by atoms with Gasteiger partial charge in [-0.25, -0.2) is 0 Å². The van der Waals surface area contributed by atoms with E-state index in [4.69, 9.17) is 4.74 Å². The summed E-state index contributed by atoms with van der Waals surface area (Å²) in [6, 6.07) is 15.3. The zero-order valence-electron chi connectivity index (χ0n) is 12.5. The highest BCUT2D eigenvalue weighted by Gasteiger charge is 2.45. The van der Waals surface area contributed by atoms with Gasteiger partial charge in [-0.2, -0.15) is 0 Å². The fraction of sp³-hybridized carbons (Fsp3) is 0.278. The molecule has 0 aromatic heterocycles. The molecule has 1 fully saturated rings. The maximum absolute atomic E-state index is 12.2. The molecule has 4 nitrogen and oxygen atoms in total. The molecule has 0 unspecified atom stereocenters. The highest BCUT2D eigenvalue weighted by molar-refractivity contribution is 5.85. The molecule has 0 radical (unpaired) electrons. The second-order valence-corrected chi connectivity index (χ2v) is 6.00. The Labute approximate surface area is 141 Å². The van der Waals surface area contributed by atoms with Gasteiger partial charge in [-0.05, 0) is 17.7 Å². The van der Waals surface area contributed by atoms with E-state index in [1.165, 1.54) is 5.56 Å². The third-order valence-electron chi connectivity index (χ3n) is 4.57. The molecule has 2 aromatic rings. The van der Waals surface area contributed by atoms with E-state index in [1.54, 1.807) is 18.2 Å². The van der Waals surface area contributed by atoms with Gasteiger partial charge in [-0.3, -0.25) is 9.69 Å². The summed E-state index contributed by atoms with van der Waals surface area (Å²) in [6.45, 7) is 2.25. The van der Waals surface area contributed by atoms with Gasteiger partial charge in [0.1, 0.15) is 11.5 Å². The van der Waals surface area contributed by atoms with Crippen molar-refractivity contribution in [3.05, 3.63) is 59.7 Å². The molecule has 1 N–H and O–H groups in total. The van der Waals surface area contributed by atoms with E-state index in [-0.39, 0.29) is 36.0 Å². The monoisotopic (exact) mass is 331 g/mol. The highest BCUT2D eigenvalue weighted by Crippen LogP contribution is 2.46. The Morgan fingerprint density at radius 3 is 2.57 bits per heavy atom. The van der Waals surface area contributed by atoms with Crippen LogP contribution in [0.1, 0.15) is 17.0 Å². The molecule has 0 bridgehead atoms. The summed E-state index contributed by atoms with van der Waals surface area (Å²) in [5.41, 5.74) is 2.01. The van der Waals surface area contributed by atoms with Gasteiger partial charge in [0.25, 0.3) is 0 Å². The number of fused-ring (bicyclic) bond motifs is 3. The maximum Gasteiger partial charge on any atom is 0.316 e. The van der Waals surface area contributed by atoms with Gasteiger partial charge >= 0.3 is 5.97 Å². The summed E-state index contributed by atoms with van der Waals surface area (Å²) in [4.78, 5) is 14.5. The van der Waals surface area contributed by atoms with Crippen LogP contribution in [-0.4, -0.2) is 29.1 Å². The minimum Gasteiger partial charge on any atom is -0.508 e. The number of benzene rings is 2. The molecule has 1 saturated heterocycles. The Morgan fingerprint density at radius 1 is 1.04 bits per heavy atom. The standard InChI is InChI=1S/C18H17NO3.ClH/c20-15-7-4-8-16-17(15)13-10-19(11-14(13)18(21)22-16)9-12-5-2-1-3-6-12;/h1-8,13-14,20H,9-11H2;1H/t13-,14+;/m0./s1. The summed E-state index contributed by atoms with van der Waals surface area (Å²) in [5, 5.41) is 10.2. The van der Waals surface area contributed by atoms with Crippen LogP contribution in [0, 0.1) is 5.92 Å². The minimum absolute atomic E-state index is 0. The van der Waals surface area contributed by atoms with Crippen LogP contribution in [0.4, 0.5) is 0 Å². The SMILES string of the molecule is Cl.O=C1Oc2cccc(O)c2[C@H]2CN(Cc3ccccc3)C[C@@H]12. The van der Waals surface area contributed by atoms with E-state index in [0.29, 0.717) is 12.3 Å². The van der Waals surface area contributed by atoms with Crippen LogP contribution in [0.15, 0.2) is 48.5 Å². The molecule has 0 spiro atoms.